The van der Waals surface area contributed by atoms with Crippen LogP contribution in [0, 0.1) is 3.57 Å². The molecule has 0 aliphatic heterocycles. The van der Waals surface area contributed by atoms with Crippen molar-refractivity contribution in [3.05, 3.63) is 70.3 Å². The van der Waals surface area contributed by atoms with Crippen molar-refractivity contribution in [3.63, 3.8) is 0 Å². The maximum Gasteiger partial charge on any atom is 0.262 e. The van der Waals surface area contributed by atoms with Crippen molar-refractivity contribution in [2.45, 2.75) is 0 Å². The van der Waals surface area contributed by atoms with Gasteiger partial charge in [-0.3, -0.25) is 4.79 Å². The van der Waals surface area contributed by atoms with Crippen LogP contribution in [0.5, 0.6) is 11.5 Å². The van der Waals surface area contributed by atoms with E-state index in [9.17, 15) is 4.79 Å². The largest absolute Gasteiger partial charge is 0.497 e. The number of hydrogen-bond donors (Lipinski definition) is 1. The van der Waals surface area contributed by atoms with Crippen LogP contribution in [0.3, 0.4) is 0 Å². The lowest BCUT2D eigenvalue weighted by atomic mass is 10.2. The van der Waals surface area contributed by atoms with Gasteiger partial charge in [0.15, 0.2) is 6.61 Å². The van der Waals surface area contributed by atoms with Gasteiger partial charge in [0.25, 0.3) is 5.91 Å². The zero-order valence-corrected chi connectivity index (χ0v) is 18.5. The molecule has 0 atom stereocenters. The molecular weight excluding hydrogens is 499 g/mol. The van der Waals surface area contributed by atoms with Gasteiger partial charge < -0.3 is 14.8 Å². The van der Waals surface area contributed by atoms with Gasteiger partial charge in [-0.1, -0.05) is 12.1 Å². The molecule has 0 radical (unpaired) electrons. The topological polar surface area (TPSA) is 60.5 Å². The van der Waals surface area contributed by atoms with Gasteiger partial charge in [0, 0.05) is 9.13 Å². The number of nitrogens with one attached hydrogen (secondary N) is 1. The number of halogens is 1. The number of thiazole rings is 1. The van der Waals surface area contributed by atoms with Crippen molar-refractivity contribution in [2.24, 2.45) is 0 Å². The first-order chi connectivity index (χ1) is 14.1. The molecule has 7 heteroatoms. The molecule has 0 aliphatic rings. The highest BCUT2D eigenvalue weighted by Gasteiger charge is 2.14. The van der Waals surface area contributed by atoms with E-state index in [4.69, 9.17) is 14.5 Å². The van der Waals surface area contributed by atoms with Crippen LogP contribution in [0.1, 0.15) is 0 Å². The van der Waals surface area contributed by atoms with Crippen molar-refractivity contribution in [1.82, 2.24) is 4.98 Å². The number of methoxy groups -OCH3 is 1. The molecule has 1 amide bonds. The Bertz CT molecular complexity index is 1130. The molecule has 4 rings (SSSR count). The second-order valence-corrected chi connectivity index (χ2v) is 8.47. The Morgan fingerprint density at radius 1 is 1.07 bits per heavy atom. The van der Waals surface area contributed by atoms with Gasteiger partial charge in [-0.2, -0.15) is 0 Å². The quantitative estimate of drug-likeness (QED) is 0.340. The lowest BCUT2D eigenvalue weighted by Crippen LogP contribution is -2.20. The van der Waals surface area contributed by atoms with Crippen LogP contribution < -0.4 is 14.8 Å². The molecular formula is C22H17IN2O3S. The first kappa shape index (κ1) is 19.7. The fourth-order valence-corrected chi connectivity index (χ4v) is 4.28. The van der Waals surface area contributed by atoms with E-state index in [1.54, 1.807) is 42.7 Å². The Kier molecular flexibility index (Phi) is 5.96. The van der Waals surface area contributed by atoms with Gasteiger partial charge in [-0.25, -0.2) is 4.98 Å². The molecule has 0 aliphatic carbocycles. The summed E-state index contributed by atoms with van der Waals surface area (Å²) in [5.41, 5.74) is 2.56. The van der Waals surface area contributed by atoms with E-state index in [-0.39, 0.29) is 12.5 Å². The summed E-state index contributed by atoms with van der Waals surface area (Å²) < 4.78 is 12.9. The lowest BCUT2D eigenvalue weighted by molar-refractivity contribution is -0.118. The van der Waals surface area contributed by atoms with Gasteiger partial charge in [0.2, 0.25) is 0 Å². The van der Waals surface area contributed by atoms with E-state index < -0.39 is 0 Å². The predicted octanol–water partition coefficient (Wildman–Crippen LogP) is 5.59. The monoisotopic (exact) mass is 516 g/mol. The van der Waals surface area contributed by atoms with Crippen LogP contribution in [0.2, 0.25) is 0 Å². The van der Waals surface area contributed by atoms with Crippen LogP contribution in [-0.4, -0.2) is 24.6 Å². The van der Waals surface area contributed by atoms with Crippen molar-refractivity contribution in [2.75, 3.05) is 19.0 Å². The molecule has 4 aromatic rings. The minimum atomic E-state index is -0.232. The van der Waals surface area contributed by atoms with Gasteiger partial charge in [-0.15, -0.1) is 11.3 Å². The molecule has 3 aromatic carbocycles. The number of aromatic nitrogens is 1. The minimum Gasteiger partial charge on any atom is -0.497 e. The number of carbonyl (C=O) groups is 1. The number of para-hydroxylation sites is 1. The number of nitrogens with zero attached hydrogens (tertiary/aromatic N) is 1. The second-order valence-electron chi connectivity index (χ2n) is 6.19. The zero-order valence-electron chi connectivity index (χ0n) is 15.5. The van der Waals surface area contributed by atoms with Crippen molar-refractivity contribution in [1.29, 1.82) is 0 Å². The van der Waals surface area contributed by atoms with E-state index in [2.05, 4.69) is 27.9 Å². The first-order valence-electron chi connectivity index (χ1n) is 8.84. The average Bonchev–Trinajstić information content (AvgIpc) is 3.18. The molecule has 0 unspecified atom stereocenters. The number of carbonyl (C=O) groups excluding carboxylic acids is 1. The molecule has 5 nitrogen and oxygen atoms in total. The Morgan fingerprint density at radius 3 is 2.59 bits per heavy atom. The predicted molar refractivity (Wildman–Crippen MR) is 125 cm³/mol. The van der Waals surface area contributed by atoms with Gasteiger partial charge in [-0.05, 0) is 77.2 Å². The molecule has 0 saturated carbocycles. The first-order valence-corrected chi connectivity index (χ1v) is 10.7. The summed E-state index contributed by atoms with van der Waals surface area (Å²) in [5, 5.41) is 3.82. The zero-order chi connectivity index (χ0) is 20.2. The second kappa shape index (κ2) is 8.79. The Labute approximate surface area is 185 Å². The smallest absolute Gasteiger partial charge is 0.262 e. The summed E-state index contributed by atoms with van der Waals surface area (Å²) in [5.74, 6) is 1.11. The minimum absolute atomic E-state index is 0.0857. The summed E-state index contributed by atoms with van der Waals surface area (Å²) in [7, 11) is 1.60. The van der Waals surface area contributed by atoms with Crippen LogP contribution in [0.4, 0.5) is 5.69 Å². The highest BCUT2D eigenvalue weighted by molar-refractivity contribution is 14.1. The fourth-order valence-electron chi connectivity index (χ4n) is 2.80. The maximum atomic E-state index is 12.5. The van der Waals surface area contributed by atoms with Gasteiger partial charge in [0.05, 0.1) is 23.0 Å². The van der Waals surface area contributed by atoms with Crippen molar-refractivity contribution in [3.8, 4) is 22.1 Å². The summed E-state index contributed by atoms with van der Waals surface area (Å²) in [4.78, 5) is 17.2. The molecule has 146 valence electrons. The van der Waals surface area contributed by atoms with Gasteiger partial charge in [0.1, 0.15) is 16.5 Å². The van der Waals surface area contributed by atoms with Crippen LogP contribution in [0.25, 0.3) is 20.8 Å². The molecule has 0 saturated heterocycles. The standard InChI is InChI=1S/C22H17IN2O3S/c1-27-15-7-9-16(10-8-15)28-13-21(26)24-18-11-6-14(23)12-17(18)22-25-19-4-2-3-5-20(19)29-22/h2-12H,13H2,1H3,(H,24,26). The van der Waals surface area contributed by atoms with Crippen LogP contribution in [0.15, 0.2) is 66.7 Å². The fraction of sp³-hybridized carbons (Fsp3) is 0.0909. The van der Waals surface area contributed by atoms with E-state index >= 15 is 0 Å². The molecule has 1 aromatic heterocycles. The summed E-state index contributed by atoms with van der Waals surface area (Å²) >= 11 is 3.87. The van der Waals surface area contributed by atoms with Crippen molar-refractivity contribution < 1.29 is 14.3 Å². The van der Waals surface area contributed by atoms with Crippen molar-refractivity contribution >= 4 is 55.7 Å². The number of amides is 1. The molecule has 1 heterocycles. The third-order valence-corrected chi connectivity index (χ3v) is 5.95. The number of anilines is 1. The van der Waals surface area contributed by atoms with Crippen LogP contribution in [-0.2, 0) is 4.79 Å². The number of fused-ring (bicyclic) bond motifs is 1. The summed E-state index contributed by atoms with van der Waals surface area (Å²) in [6, 6.07) is 21.0. The molecule has 0 fully saturated rings. The average molecular weight is 516 g/mol. The van der Waals surface area contributed by atoms with Gasteiger partial charge >= 0.3 is 0 Å². The number of ether oxygens (including phenoxy) is 2. The number of hydrogen-bond acceptors (Lipinski definition) is 5. The van der Waals surface area contributed by atoms with E-state index in [0.29, 0.717) is 11.4 Å². The third-order valence-electron chi connectivity index (χ3n) is 4.21. The molecule has 0 bridgehead atoms. The molecule has 1 N–H and O–H groups in total. The SMILES string of the molecule is COc1ccc(OCC(=O)Nc2ccc(I)cc2-c2nc3ccccc3s2)cc1. The Hall–Kier alpha value is -2.65. The number of benzene rings is 3. The van der Waals surface area contributed by atoms with E-state index in [1.807, 2.05) is 42.5 Å². The highest BCUT2D eigenvalue weighted by Crippen LogP contribution is 2.35. The molecule has 0 spiro atoms. The number of rotatable bonds is 6. The summed E-state index contributed by atoms with van der Waals surface area (Å²) in [6.07, 6.45) is 0. The van der Waals surface area contributed by atoms with E-state index in [1.165, 1.54) is 0 Å². The maximum absolute atomic E-state index is 12.5. The summed E-state index contributed by atoms with van der Waals surface area (Å²) in [6.45, 7) is -0.0857. The third kappa shape index (κ3) is 4.68. The Balaban J connectivity index is 1.51. The normalized spacial score (nSPS) is 10.7. The van der Waals surface area contributed by atoms with Crippen LogP contribution >= 0.6 is 33.9 Å². The Morgan fingerprint density at radius 2 is 1.83 bits per heavy atom. The highest BCUT2D eigenvalue weighted by atomic mass is 127. The van der Waals surface area contributed by atoms with E-state index in [0.717, 1.165) is 30.1 Å². The molecule has 29 heavy (non-hydrogen) atoms. The lowest BCUT2D eigenvalue weighted by Gasteiger charge is -2.11.